The lowest BCUT2D eigenvalue weighted by Crippen LogP contribution is -2.00. The van der Waals surface area contributed by atoms with Gasteiger partial charge < -0.3 is 0 Å². The first-order chi connectivity index (χ1) is 16.8. The van der Waals surface area contributed by atoms with E-state index in [1.807, 2.05) is 66.7 Å². The van der Waals surface area contributed by atoms with E-state index in [2.05, 4.69) is 60.7 Å². The van der Waals surface area contributed by atoms with Crippen LogP contribution in [0.1, 0.15) is 0 Å². The maximum Gasteiger partial charge on any atom is 0.164 e. The summed E-state index contributed by atoms with van der Waals surface area (Å²) in [5, 5.41) is 2.27. The van der Waals surface area contributed by atoms with Crippen LogP contribution >= 0.6 is 0 Å². The fraction of sp³-hybridized carbons (Fsp3) is 0. The number of hydrogen-bond acceptors (Lipinski definition) is 3. The van der Waals surface area contributed by atoms with Gasteiger partial charge in [-0.1, -0.05) is 121 Å². The molecule has 1 aromatic heterocycles. The molecule has 6 rings (SSSR count). The Morgan fingerprint density at radius 3 is 1.47 bits per heavy atom. The van der Waals surface area contributed by atoms with Crippen molar-refractivity contribution in [3.8, 4) is 45.3 Å². The third-order valence-corrected chi connectivity index (χ3v) is 5.93. The summed E-state index contributed by atoms with van der Waals surface area (Å²) < 4.78 is 0. The highest BCUT2D eigenvalue weighted by Gasteiger charge is 2.14. The van der Waals surface area contributed by atoms with E-state index in [1.165, 1.54) is 11.1 Å². The van der Waals surface area contributed by atoms with Gasteiger partial charge in [-0.15, -0.1) is 0 Å². The lowest BCUT2D eigenvalue weighted by Gasteiger charge is -2.11. The highest BCUT2D eigenvalue weighted by atomic mass is 15.0. The number of fused-ring (bicyclic) bond motifs is 1. The number of nitrogens with zero attached hydrogens (tertiary/aromatic N) is 3. The van der Waals surface area contributed by atoms with Gasteiger partial charge in [-0.25, -0.2) is 15.0 Å². The van der Waals surface area contributed by atoms with Crippen LogP contribution in [0.2, 0.25) is 0 Å². The van der Waals surface area contributed by atoms with Crippen LogP contribution in [0.25, 0.3) is 56.1 Å². The normalized spacial score (nSPS) is 10.9. The zero-order chi connectivity index (χ0) is 22.7. The van der Waals surface area contributed by atoms with Gasteiger partial charge in [0, 0.05) is 16.7 Å². The van der Waals surface area contributed by atoms with Crippen LogP contribution in [0.15, 0.2) is 127 Å². The predicted octanol–water partition coefficient (Wildman–Crippen LogP) is 7.69. The molecule has 3 heteroatoms. The van der Waals surface area contributed by atoms with E-state index in [4.69, 9.17) is 15.0 Å². The summed E-state index contributed by atoms with van der Waals surface area (Å²) >= 11 is 0. The zero-order valence-corrected chi connectivity index (χ0v) is 18.5. The van der Waals surface area contributed by atoms with E-state index in [9.17, 15) is 0 Å². The van der Waals surface area contributed by atoms with Gasteiger partial charge in [0.05, 0.1) is 0 Å². The minimum absolute atomic E-state index is 0.669. The summed E-state index contributed by atoms with van der Waals surface area (Å²) in [6.45, 7) is 0. The van der Waals surface area contributed by atoms with E-state index in [0.29, 0.717) is 17.5 Å². The Morgan fingerprint density at radius 1 is 0.353 bits per heavy atom. The average Bonchev–Trinajstić information content (AvgIpc) is 2.93. The smallest absolute Gasteiger partial charge is 0.164 e. The molecule has 0 fully saturated rings. The Bertz CT molecular complexity index is 1520. The van der Waals surface area contributed by atoms with Crippen molar-refractivity contribution in [2.24, 2.45) is 0 Å². The number of hydrogen-bond donors (Lipinski definition) is 0. The molecule has 0 aliphatic rings. The molecule has 0 atom stereocenters. The van der Waals surface area contributed by atoms with Gasteiger partial charge >= 0.3 is 0 Å². The lowest BCUT2D eigenvalue weighted by molar-refractivity contribution is 1.08. The van der Waals surface area contributed by atoms with Crippen LogP contribution in [0.5, 0.6) is 0 Å². The third kappa shape index (κ3) is 3.84. The molecule has 160 valence electrons. The molecule has 0 radical (unpaired) electrons. The summed E-state index contributed by atoms with van der Waals surface area (Å²) in [5.74, 6) is 2.01. The molecule has 3 nitrogen and oxygen atoms in total. The summed E-state index contributed by atoms with van der Waals surface area (Å²) in [5.41, 5.74) is 5.32. The van der Waals surface area contributed by atoms with Crippen LogP contribution in [0.4, 0.5) is 0 Å². The minimum atomic E-state index is 0.669. The quantitative estimate of drug-likeness (QED) is 0.285. The first-order valence-corrected chi connectivity index (χ1v) is 11.3. The van der Waals surface area contributed by atoms with Crippen molar-refractivity contribution in [1.82, 2.24) is 15.0 Å². The molecule has 5 aromatic carbocycles. The highest BCUT2D eigenvalue weighted by Crippen LogP contribution is 2.32. The SMILES string of the molecule is c1ccc(-c2ccc3c(-c4nc(-c5ccccc5)nc(-c5ccccc5)n4)cccc3c2)cc1. The Morgan fingerprint density at radius 2 is 0.882 bits per heavy atom. The zero-order valence-electron chi connectivity index (χ0n) is 18.5. The van der Waals surface area contributed by atoms with E-state index < -0.39 is 0 Å². The lowest BCUT2D eigenvalue weighted by atomic mass is 9.98. The van der Waals surface area contributed by atoms with Crippen molar-refractivity contribution in [2.45, 2.75) is 0 Å². The molecule has 0 saturated carbocycles. The van der Waals surface area contributed by atoms with Gasteiger partial charge in [-0.05, 0) is 28.0 Å². The summed E-state index contributed by atoms with van der Waals surface area (Å²) in [6, 6.07) is 43.4. The topological polar surface area (TPSA) is 38.7 Å². The van der Waals surface area contributed by atoms with Crippen LogP contribution in [-0.4, -0.2) is 15.0 Å². The van der Waals surface area contributed by atoms with Crippen LogP contribution < -0.4 is 0 Å². The van der Waals surface area contributed by atoms with Crippen molar-refractivity contribution >= 4 is 10.8 Å². The molecule has 0 aliphatic carbocycles. The second kappa shape index (κ2) is 8.72. The fourth-order valence-corrected chi connectivity index (χ4v) is 4.22. The largest absolute Gasteiger partial charge is 0.208 e. The number of rotatable bonds is 4. The second-order valence-corrected chi connectivity index (χ2v) is 8.15. The fourth-order valence-electron chi connectivity index (χ4n) is 4.22. The minimum Gasteiger partial charge on any atom is -0.208 e. The Hall–Kier alpha value is -4.63. The average molecular weight is 436 g/mol. The Kier molecular flexibility index (Phi) is 5.13. The first kappa shape index (κ1) is 20.0. The van der Waals surface area contributed by atoms with Gasteiger partial charge in [0.25, 0.3) is 0 Å². The molecular weight excluding hydrogens is 414 g/mol. The van der Waals surface area contributed by atoms with Gasteiger partial charge in [0.1, 0.15) is 0 Å². The van der Waals surface area contributed by atoms with Crippen molar-refractivity contribution in [1.29, 1.82) is 0 Å². The molecule has 0 aliphatic heterocycles. The van der Waals surface area contributed by atoms with Gasteiger partial charge in [0.15, 0.2) is 17.5 Å². The van der Waals surface area contributed by atoms with E-state index >= 15 is 0 Å². The summed E-state index contributed by atoms with van der Waals surface area (Å²) in [7, 11) is 0. The van der Waals surface area contributed by atoms with Gasteiger partial charge in [-0.3, -0.25) is 0 Å². The maximum absolute atomic E-state index is 4.91. The van der Waals surface area contributed by atoms with Crippen molar-refractivity contribution in [2.75, 3.05) is 0 Å². The number of benzene rings is 5. The highest BCUT2D eigenvalue weighted by molar-refractivity contribution is 5.97. The van der Waals surface area contributed by atoms with Gasteiger partial charge in [-0.2, -0.15) is 0 Å². The molecule has 0 N–H and O–H groups in total. The molecule has 0 bridgehead atoms. The standard InChI is InChI=1S/C31H21N3/c1-4-11-22(12-5-1)25-19-20-27-26(21-25)17-10-18-28(27)31-33-29(23-13-6-2-7-14-23)32-30(34-31)24-15-8-3-9-16-24/h1-21H. The molecule has 0 saturated heterocycles. The second-order valence-electron chi connectivity index (χ2n) is 8.15. The molecule has 0 unspecified atom stereocenters. The van der Waals surface area contributed by atoms with Crippen LogP contribution in [0, 0.1) is 0 Å². The molecule has 1 heterocycles. The molecular formula is C31H21N3. The van der Waals surface area contributed by atoms with Crippen molar-refractivity contribution < 1.29 is 0 Å². The van der Waals surface area contributed by atoms with Crippen molar-refractivity contribution in [3.05, 3.63) is 127 Å². The molecule has 6 aromatic rings. The summed E-state index contributed by atoms with van der Waals surface area (Å²) in [6.07, 6.45) is 0. The van der Waals surface area contributed by atoms with Crippen LogP contribution in [-0.2, 0) is 0 Å². The monoisotopic (exact) mass is 435 g/mol. The van der Waals surface area contributed by atoms with Gasteiger partial charge in [0.2, 0.25) is 0 Å². The first-order valence-electron chi connectivity index (χ1n) is 11.3. The number of aromatic nitrogens is 3. The van der Waals surface area contributed by atoms with Crippen LogP contribution in [0.3, 0.4) is 0 Å². The predicted molar refractivity (Wildman–Crippen MR) is 139 cm³/mol. The molecule has 0 amide bonds. The van der Waals surface area contributed by atoms with E-state index in [1.54, 1.807) is 0 Å². The molecule has 0 spiro atoms. The Labute approximate surface area is 198 Å². The maximum atomic E-state index is 4.91. The van der Waals surface area contributed by atoms with E-state index in [0.717, 1.165) is 27.5 Å². The third-order valence-electron chi connectivity index (χ3n) is 5.93. The Balaban J connectivity index is 1.54. The van der Waals surface area contributed by atoms with E-state index in [-0.39, 0.29) is 0 Å². The molecule has 34 heavy (non-hydrogen) atoms. The van der Waals surface area contributed by atoms with Crippen molar-refractivity contribution in [3.63, 3.8) is 0 Å². The summed E-state index contributed by atoms with van der Waals surface area (Å²) in [4.78, 5) is 14.6.